The van der Waals surface area contributed by atoms with Crippen molar-refractivity contribution in [2.24, 2.45) is 0 Å². The van der Waals surface area contributed by atoms with E-state index >= 15 is 0 Å². The summed E-state index contributed by atoms with van der Waals surface area (Å²) in [6.45, 7) is 3.92. The van der Waals surface area contributed by atoms with Gasteiger partial charge in [0.25, 0.3) is 0 Å². The second kappa shape index (κ2) is 7.77. The van der Waals surface area contributed by atoms with Crippen LogP contribution in [-0.2, 0) is 0 Å². The summed E-state index contributed by atoms with van der Waals surface area (Å²) >= 11 is 0. The van der Waals surface area contributed by atoms with Crippen molar-refractivity contribution in [1.82, 2.24) is 9.97 Å². The lowest BCUT2D eigenvalue weighted by Gasteiger charge is -2.11. The molecule has 3 rings (SSSR count). The molecule has 5 nitrogen and oxygen atoms in total. The maximum absolute atomic E-state index is 13.7. The Balaban J connectivity index is 1.73. The van der Waals surface area contributed by atoms with Gasteiger partial charge in [-0.2, -0.15) is 4.98 Å². The first-order valence-electron chi connectivity index (χ1n) is 8.09. The standard InChI is InChI=1S/C19H18F2N4O/c1-12(2)26-14-8-6-13(7-9-14)23-17-10-11-22-19(24-17)25-18-15(20)4-3-5-16(18)21/h3-12H,1-2H3,(H2,22,23,24,25). The molecular formula is C19H18F2N4O. The molecule has 0 unspecified atom stereocenters. The highest BCUT2D eigenvalue weighted by atomic mass is 19.1. The largest absolute Gasteiger partial charge is 0.491 e. The van der Waals surface area contributed by atoms with Gasteiger partial charge >= 0.3 is 0 Å². The van der Waals surface area contributed by atoms with E-state index in [2.05, 4.69) is 20.6 Å². The van der Waals surface area contributed by atoms with Gasteiger partial charge < -0.3 is 15.4 Å². The first kappa shape index (κ1) is 17.6. The molecule has 0 spiro atoms. The van der Waals surface area contributed by atoms with Crippen LogP contribution in [0.5, 0.6) is 5.75 Å². The van der Waals surface area contributed by atoms with Crippen molar-refractivity contribution in [3.8, 4) is 5.75 Å². The molecule has 0 bridgehead atoms. The smallest absolute Gasteiger partial charge is 0.229 e. The van der Waals surface area contributed by atoms with Gasteiger partial charge in [0.05, 0.1) is 6.10 Å². The van der Waals surface area contributed by atoms with E-state index in [0.717, 1.165) is 23.6 Å². The van der Waals surface area contributed by atoms with Gasteiger partial charge in [0.2, 0.25) is 5.95 Å². The molecule has 2 N–H and O–H groups in total. The highest BCUT2D eigenvalue weighted by Gasteiger charge is 2.10. The van der Waals surface area contributed by atoms with E-state index in [1.54, 1.807) is 6.07 Å². The molecule has 0 atom stereocenters. The van der Waals surface area contributed by atoms with Gasteiger partial charge in [0, 0.05) is 11.9 Å². The minimum atomic E-state index is -0.715. The minimum absolute atomic E-state index is 0.0822. The van der Waals surface area contributed by atoms with Crippen molar-refractivity contribution >= 4 is 23.1 Å². The fourth-order valence-electron chi connectivity index (χ4n) is 2.25. The van der Waals surface area contributed by atoms with Crippen molar-refractivity contribution in [2.45, 2.75) is 20.0 Å². The normalized spacial score (nSPS) is 10.7. The van der Waals surface area contributed by atoms with Crippen LogP contribution in [0.3, 0.4) is 0 Å². The Bertz CT molecular complexity index is 865. The molecular weight excluding hydrogens is 338 g/mol. The Kier molecular flexibility index (Phi) is 5.26. The van der Waals surface area contributed by atoms with Gasteiger partial charge in [0.15, 0.2) is 0 Å². The van der Waals surface area contributed by atoms with Crippen molar-refractivity contribution in [3.05, 3.63) is 66.4 Å². The molecule has 0 saturated heterocycles. The van der Waals surface area contributed by atoms with Gasteiger partial charge in [-0.25, -0.2) is 13.8 Å². The number of nitrogens with zero attached hydrogens (tertiary/aromatic N) is 2. The average Bonchev–Trinajstić information content (AvgIpc) is 2.60. The number of aromatic nitrogens is 2. The zero-order valence-corrected chi connectivity index (χ0v) is 14.3. The summed E-state index contributed by atoms with van der Waals surface area (Å²) in [4.78, 5) is 8.21. The number of hydrogen-bond donors (Lipinski definition) is 2. The van der Waals surface area contributed by atoms with E-state index in [0.29, 0.717) is 5.82 Å². The fourth-order valence-corrected chi connectivity index (χ4v) is 2.25. The SMILES string of the molecule is CC(C)Oc1ccc(Nc2ccnc(Nc3c(F)cccc3F)n2)cc1. The molecule has 0 saturated carbocycles. The second-order valence-corrected chi connectivity index (χ2v) is 5.80. The van der Waals surface area contributed by atoms with E-state index < -0.39 is 11.6 Å². The Labute approximate surface area is 150 Å². The van der Waals surface area contributed by atoms with Crippen LogP contribution in [0.1, 0.15) is 13.8 Å². The number of anilines is 4. The van der Waals surface area contributed by atoms with Crippen LogP contribution < -0.4 is 15.4 Å². The minimum Gasteiger partial charge on any atom is -0.491 e. The summed E-state index contributed by atoms with van der Waals surface area (Å²) in [7, 11) is 0. The molecule has 0 aliphatic heterocycles. The van der Waals surface area contributed by atoms with Gasteiger partial charge in [-0.3, -0.25) is 0 Å². The lowest BCUT2D eigenvalue weighted by Crippen LogP contribution is -2.05. The van der Waals surface area contributed by atoms with Gasteiger partial charge in [-0.05, 0) is 56.3 Å². The maximum Gasteiger partial charge on any atom is 0.229 e. The fraction of sp³-hybridized carbons (Fsp3) is 0.158. The number of para-hydroxylation sites is 1. The molecule has 0 radical (unpaired) electrons. The van der Waals surface area contributed by atoms with E-state index in [9.17, 15) is 8.78 Å². The number of nitrogens with one attached hydrogen (secondary N) is 2. The molecule has 3 aromatic rings. The lowest BCUT2D eigenvalue weighted by molar-refractivity contribution is 0.242. The molecule has 2 aromatic carbocycles. The van der Waals surface area contributed by atoms with E-state index in [1.807, 2.05) is 38.1 Å². The number of benzene rings is 2. The van der Waals surface area contributed by atoms with Crippen LogP contribution in [0.15, 0.2) is 54.7 Å². The Morgan fingerprint density at radius 1 is 0.923 bits per heavy atom. The summed E-state index contributed by atoms with van der Waals surface area (Å²) in [6, 6.07) is 12.7. The third-order valence-electron chi connectivity index (χ3n) is 3.35. The van der Waals surface area contributed by atoms with Crippen molar-refractivity contribution in [2.75, 3.05) is 10.6 Å². The quantitative estimate of drug-likeness (QED) is 0.649. The topological polar surface area (TPSA) is 59.1 Å². The third kappa shape index (κ3) is 4.44. The summed E-state index contributed by atoms with van der Waals surface area (Å²) in [6.07, 6.45) is 1.59. The van der Waals surface area contributed by atoms with Gasteiger partial charge in [-0.1, -0.05) is 6.07 Å². The molecule has 26 heavy (non-hydrogen) atoms. The van der Waals surface area contributed by atoms with E-state index in [4.69, 9.17) is 4.74 Å². The molecule has 134 valence electrons. The Morgan fingerprint density at radius 2 is 1.62 bits per heavy atom. The Hall–Kier alpha value is -3.22. The average molecular weight is 356 g/mol. The van der Waals surface area contributed by atoms with Gasteiger partial charge in [-0.15, -0.1) is 0 Å². The molecule has 1 heterocycles. The third-order valence-corrected chi connectivity index (χ3v) is 3.35. The first-order valence-corrected chi connectivity index (χ1v) is 8.09. The molecule has 0 aliphatic carbocycles. The maximum atomic E-state index is 13.7. The van der Waals surface area contributed by atoms with Crippen LogP contribution in [0, 0.1) is 11.6 Å². The first-order chi connectivity index (χ1) is 12.5. The summed E-state index contributed by atoms with van der Waals surface area (Å²) in [5.41, 5.74) is 0.502. The Morgan fingerprint density at radius 3 is 2.27 bits per heavy atom. The second-order valence-electron chi connectivity index (χ2n) is 5.80. The number of halogens is 2. The lowest BCUT2D eigenvalue weighted by atomic mass is 10.3. The van der Waals surface area contributed by atoms with E-state index in [1.165, 1.54) is 12.3 Å². The monoisotopic (exact) mass is 356 g/mol. The summed E-state index contributed by atoms with van der Waals surface area (Å²) < 4.78 is 33.0. The highest BCUT2D eigenvalue weighted by molar-refractivity contribution is 5.60. The van der Waals surface area contributed by atoms with Crippen molar-refractivity contribution in [1.29, 1.82) is 0 Å². The summed E-state index contributed by atoms with van der Waals surface area (Å²) in [5.74, 6) is -0.0958. The van der Waals surface area contributed by atoms with Gasteiger partial charge in [0.1, 0.15) is 28.9 Å². The predicted octanol–water partition coefficient (Wildman–Crippen LogP) is 5.03. The molecule has 0 amide bonds. The highest BCUT2D eigenvalue weighted by Crippen LogP contribution is 2.23. The van der Waals surface area contributed by atoms with E-state index in [-0.39, 0.29) is 17.7 Å². The zero-order valence-electron chi connectivity index (χ0n) is 14.3. The van der Waals surface area contributed by atoms with Crippen LogP contribution >= 0.6 is 0 Å². The van der Waals surface area contributed by atoms with Crippen LogP contribution in [-0.4, -0.2) is 16.1 Å². The van der Waals surface area contributed by atoms with Crippen molar-refractivity contribution < 1.29 is 13.5 Å². The number of hydrogen-bond acceptors (Lipinski definition) is 5. The number of rotatable bonds is 6. The van der Waals surface area contributed by atoms with Crippen LogP contribution in [0.4, 0.5) is 31.9 Å². The molecule has 1 aromatic heterocycles. The molecule has 0 aliphatic rings. The zero-order chi connectivity index (χ0) is 18.5. The van der Waals surface area contributed by atoms with Crippen LogP contribution in [0.25, 0.3) is 0 Å². The van der Waals surface area contributed by atoms with Crippen LogP contribution in [0.2, 0.25) is 0 Å². The molecule has 0 fully saturated rings. The number of ether oxygens (including phenoxy) is 1. The van der Waals surface area contributed by atoms with Crippen molar-refractivity contribution in [3.63, 3.8) is 0 Å². The molecule has 7 heteroatoms. The predicted molar refractivity (Wildman–Crippen MR) is 97.2 cm³/mol. The summed E-state index contributed by atoms with van der Waals surface area (Å²) in [5, 5.41) is 5.67.